The summed E-state index contributed by atoms with van der Waals surface area (Å²) in [4.78, 5) is 61.9. The van der Waals surface area contributed by atoms with E-state index >= 15 is 0 Å². The Morgan fingerprint density at radius 2 is 1.78 bits per heavy atom. The summed E-state index contributed by atoms with van der Waals surface area (Å²) in [5, 5.41) is 22.9. The first-order valence-electron chi connectivity index (χ1n) is 10.6. The molecule has 0 aromatic heterocycles. The van der Waals surface area contributed by atoms with Gasteiger partial charge in [-0.25, -0.2) is 4.79 Å². The molecule has 0 aromatic rings. The second kappa shape index (κ2) is 13.3. The molecule has 0 spiro atoms. The average molecular weight is 475 g/mol. The van der Waals surface area contributed by atoms with Crippen LogP contribution in [0.2, 0.25) is 0 Å². The normalized spacial score (nSPS) is 18.7. The number of carbonyl (C=O) groups excluding carboxylic acids is 3. The zero-order valence-electron chi connectivity index (χ0n) is 18.7. The molecule has 1 aliphatic rings. The van der Waals surface area contributed by atoms with Crippen LogP contribution in [0.25, 0.3) is 0 Å². The summed E-state index contributed by atoms with van der Waals surface area (Å²) in [5.41, 5.74) is 5.98. The van der Waals surface area contributed by atoms with Gasteiger partial charge in [0.25, 0.3) is 0 Å². The average Bonchev–Trinajstić information content (AvgIpc) is 3.19. The number of nitrogens with one attached hydrogen (secondary N) is 2. The fourth-order valence-electron chi connectivity index (χ4n) is 3.50. The molecule has 0 radical (unpaired) electrons. The maximum absolute atomic E-state index is 13.0. The molecule has 1 aliphatic heterocycles. The molecule has 0 bridgehead atoms. The number of carboxylic acid groups (broad SMARTS) is 2. The first-order valence-corrected chi connectivity index (χ1v) is 12.0. The van der Waals surface area contributed by atoms with Crippen LogP contribution in [0.15, 0.2) is 0 Å². The first kappa shape index (κ1) is 27.7. The van der Waals surface area contributed by atoms with E-state index in [-0.39, 0.29) is 18.2 Å². The molecule has 1 saturated heterocycles. The van der Waals surface area contributed by atoms with E-state index in [4.69, 9.17) is 10.8 Å². The lowest BCUT2D eigenvalue weighted by Crippen LogP contribution is -2.57. The van der Waals surface area contributed by atoms with Crippen LogP contribution in [0.1, 0.15) is 46.0 Å². The van der Waals surface area contributed by atoms with E-state index in [1.54, 1.807) is 11.8 Å². The molecule has 1 fully saturated rings. The Morgan fingerprint density at radius 1 is 1.12 bits per heavy atom. The Labute approximate surface area is 191 Å². The number of aliphatic carboxylic acids is 2. The van der Waals surface area contributed by atoms with Gasteiger partial charge in [-0.1, -0.05) is 13.8 Å². The number of likely N-dealkylation sites (tertiary alicyclic amines) is 1. The zero-order valence-corrected chi connectivity index (χ0v) is 19.5. The Kier molecular flexibility index (Phi) is 11.5. The number of rotatable bonds is 13. The maximum atomic E-state index is 13.0. The van der Waals surface area contributed by atoms with Crippen LogP contribution < -0.4 is 16.4 Å². The third-order valence-electron chi connectivity index (χ3n) is 5.12. The molecular weight excluding hydrogens is 440 g/mol. The molecule has 11 nitrogen and oxygen atoms in total. The highest BCUT2D eigenvalue weighted by molar-refractivity contribution is 7.98. The Balaban J connectivity index is 2.89. The summed E-state index contributed by atoms with van der Waals surface area (Å²) in [6, 6.07) is -4.16. The summed E-state index contributed by atoms with van der Waals surface area (Å²) in [6.45, 7) is 4.05. The van der Waals surface area contributed by atoms with Gasteiger partial charge in [-0.05, 0) is 43.6 Å². The van der Waals surface area contributed by atoms with Crippen LogP contribution in [0, 0.1) is 5.92 Å². The highest BCUT2D eigenvalue weighted by Crippen LogP contribution is 2.20. The van der Waals surface area contributed by atoms with Gasteiger partial charge in [0.2, 0.25) is 17.7 Å². The van der Waals surface area contributed by atoms with Crippen molar-refractivity contribution in [2.45, 2.75) is 70.1 Å². The van der Waals surface area contributed by atoms with Crippen LogP contribution in [0.4, 0.5) is 0 Å². The van der Waals surface area contributed by atoms with E-state index in [2.05, 4.69) is 10.6 Å². The quantitative estimate of drug-likeness (QED) is 0.238. The molecular formula is C20H34N4O7S. The lowest BCUT2D eigenvalue weighted by Gasteiger charge is -2.29. The van der Waals surface area contributed by atoms with E-state index in [0.29, 0.717) is 25.8 Å². The molecule has 4 atom stereocenters. The number of hydrogen-bond acceptors (Lipinski definition) is 7. The minimum Gasteiger partial charge on any atom is -0.481 e. The van der Waals surface area contributed by atoms with Crippen LogP contribution in [-0.2, 0) is 24.0 Å². The number of thioether (sulfide) groups is 1. The fourth-order valence-corrected chi connectivity index (χ4v) is 3.99. The second-order valence-corrected chi connectivity index (χ2v) is 9.25. The zero-order chi connectivity index (χ0) is 24.4. The summed E-state index contributed by atoms with van der Waals surface area (Å²) >= 11 is 1.57. The lowest BCUT2D eigenvalue weighted by atomic mass is 10.0. The molecule has 0 saturated carbocycles. The minimum absolute atomic E-state index is 0.0184. The predicted molar refractivity (Wildman–Crippen MR) is 119 cm³/mol. The number of carboxylic acids is 2. The molecule has 4 unspecified atom stereocenters. The molecule has 3 amide bonds. The monoisotopic (exact) mass is 474 g/mol. The summed E-state index contributed by atoms with van der Waals surface area (Å²) < 4.78 is 0. The summed E-state index contributed by atoms with van der Waals surface area (Å²) in [6.07, 6.45) is 2.88. The molecule has 1 heterocycles. The van der Waals surface area contributed by atoms with Crippen molar-refractivity contribution in [2.75, 3.05) is 18.6 Å². The van der Waals surface area contributed by atoms with Gasteiger partial charge in [-0.3, -0.25) is 19.2 Å². The van der Waals surface area contributed by atoms with E-state index < -0.39 is 54.3 Å². The lowest BCUT2D eigenvalue weighted by molar-refractivity contribution is -0.147. The third kappa shape index (κ3) is 8.65. The van der Waals surface area contributed by atoms with E-state index in [9.17, 15) is 29.1 Å². The largest absolute Gasteiger partial charge is 0.481 e. The van der Waals surface area contributed by atoms with E-state index in [1.807, 2.05) is 20.1 Å². The molecule has 12 heteroatoms. The van der Waals surface area contributed by atoms with Gasteiger partial charge in [0.05, 0.1) is 12.5 Å². The molecule has 1 rings (SSSR count). The van der Waals surface area contributed by atoms with Gasteiger partial charge in [0, 0.05) is 6.54 Å². The van der Waals surface area contributed by atoms with Crippen molar-refractivity contribution in [1.29, 1.82) is 0 Å². The Morgan fingerprint density at radius 3 is 2.31 bits per heavy atom. The molecule has 0 aliphatic carbocycles. The van der Waals surface area contributed by atoms with Crippen LogP contribution in [-0.4, -0.2) is 87.5 Å². The van der Waals surface area contributed by atoms with Gasteiger partial charge in [0.1, 0.15) is 18.1 Å². The number of hydrogen-bond donors (Lipinski definition) is 5. The predicted octanol–water partition coefficient (Wildman–Crippen LogP) is -0.367. The molecule has 182 valence electrons. The fraction of sp³-hybridized carbons (Fsp3) is 0.750. The summed E-state index contributed by atoms with van der Waals surface area (Å²) in [5.74, 6) is -3.77. The number of carbonyl (C=O) groups is 5. The maximum Gasteiger partial charge on any atom is 0.326 e. The second-order valence-electron chi connectivity index (χ2n) is 8.27. The SMILES string of the molecule is CSCCC(N)C(=O)N1CCCC1C(=O)NC(CC(C)C)C(=O)NC(CC(=O)O)C(=O)O. The smallest absolute Gasteiger partial charge is 0.326 e. The van der Waals surface area contributed by atoms with Crippen molar-refractivity contribution in [3.8, 4) is 0 Å². The van der Waals surface area contributed by atoms with Gasteiger partial charge in [0.15, 0.2) is 0 Å². The third-order valence-corrected chi connectivity index (χ3v) is 5.77. The number of nitrogens with zero attached hydrogens (tertiary/aromatic N) is 1. The highest BCUT2D eigenvalue weighted by atomic mass is 32.2. The Bertz CT molecular complexity index is 703. The van der Waals surface area contributed by atoms with Crippen LogP contribution in [0.5, 0.6) is 0 Å². The van der Waals surface area contributed by atoms with Crippen molar-refractivity contribution in [3.05, 3.63) is 0 Å². The molecule has 0 aromatic carbocycles. The van der Waals surface area contributed by atoms with Crippen molar-refractivity contribution in [3.63, 3.8) is 0 Å². The van der Waals surface area contributed by atoms with Crippen LogP contribution >= 0.6 is 11.8 Å². The van der Waals surface area contributed by atoms with Gasteiger partial charge < -0.3 is 31.5 Å². The minimum atomic E-state index is -1.62. The van der Waals surface area contributed by atoms with Gasteiger partial charge in [-0.15, -0.1) is 0 Å². The standard InChI is InChI=1S/C20H34N4O7S/c1-11(2)9-13(17(27)23-14(20(30)31)10-16(25)26)22-18(28)15-5-4-7-24(15)19(29)12(21)6-8-32-3/h11-15H,4-10,21H2,1-3H3,(H,22,28)(H,23,27)(H,25,26)(H,30,31). The van der Waals surface area contributed by atoms with Crippen molar-refractivity contribution in [1.82, 2.24) is 15.5 Å². The van der Waals surface area contributed by atoms with Gasteiger partial charge >= 0.3 is 11.9 Å². The topological polar surface area (TPSA) is 179 Å². The van der Waals surface area contributed by atoms with Crippen molar-refractivity contribution >= 4 is 41.4 Å². The first-order chi connectivity index (χ1) is 15.0. The van der Waals surface area contributed by atoms with E-state index in [1.165, 1.54) is 4.90 Å². The van der Waals surface area contributed by atoms with E-state index in [0.717, 1.165) is 5.75 Å². The van der Waals surface area contributed by atoms with Crippen molar-refractivity contribution in [2.24, 2.45) is 11.7 Å². The molecule has 32 heavy (non-hydrogen) atoms. The molecule has 6 N–H and O–H groups in total. The van der Waals surface area contributed by atoms with Crippen LogP contribution in [0.3, 0.4) is 0 Å². The summed E-state index contributed by atoms with van der Waals surface area (Å²) in [7, 11) is 0. The number of nitrogens with two attached hydrogens (primary N) is 1. The number of amides is 3. The Hall–Kier alpha value is -2.34. The van der Waals surface area contributed by atoms with Crippen molar-refractivity contribution < 1.29 is 34.2 Å². The van der Waals surface area contributed by atoms with Gasteiger partial charge in [-0.2, -0.15) is 11.8 Å². The highest BCUT2D eigenvalue weighted by Gasteiger charge is 2.38.